The summed E-state index contributed by atoms with van der Waals surface area (Å²) in [7, 11) is 0. The molecule has 1 aliphatic rings. The van der Waals surface area contributed by atoms with E-state index in [0.717, 1.165) is 12.2 Å². The Hall–Kier alpha value is -4.14. The highest BCUT2D eigenvalue weighted by Gasteiger charge is 2.24. The van der Waals surface area contributed by atoms with Gasteiger partial charge in [0.2, 0.25) is 0 Å². The van der Waals surface area contributed by atoms with Gasteiger partial charge in [-0.3, -0.25) is 0 Å². The number of hydrogen-bond donors (Lipinski definition) is 1. The summed E-state index contributed by atoms with van der Waals surface area (Å²) in [5, 5.41) is 9.06. The first kappa shape index (κ1) is 21.4. The first-order chi connectivity index (χ1) is 17.3. The highest BCUT2D eigenvalue weighted by atomic mass is 16.5. The van der Waals surface area contributed by atoms with Crippen LogP contribution in [0.2, 0.25) is 0 Å². The van der Waals surface area contributed by atoms with E-state index in [9.17, 15) is 0 Å². The third-order valence-corrected chi connectivity index (χ3v) is 6.75. The van der Waals surface area contributed by atoms with E-state index in [4.69, 9.17) is 9.84 Å². The molecular formula is C33H26O2. The molecule has 0 amide bonds. The lowest BCUT2D eigenvalue weighted by molar-refractivity contribution is 0.201. The van der Waals surface area contributed by atoms with Gasteiger partial charge in [0, 0.05) is 0 Å². The maximum absolute atomic E-state index is 9.06. The quantitative estimate of drug-likeness (QED) is 0.280. The van der Waals surface area contributed by atoms with Crippen molar-refractivity contribution in [2.75, 3.05) is 13.2 Å². The van der Waals surface area contributed by atoms with Gasteiger partial charge in [-0.1, -0.05) is 91.0 Å². The van der Waals surface area contributed by atoms with E-state index in [1.807, 2.05) is 12.1 Å². The summed E-state index contributed by atoms with van der Waals surface area (Å²) in [6.45, 7) is 0.314. The van der Waals surface area contributed by atoms with Crippen molar-refractivity contribution in [2.24, 2.45) is 0 Å². The maximum Gasteiger partial charge on any atom is 0.119 e. The minimum absolute atomic E-state index is 0.0115. The lowest BCUT2D eigenvalue weighted by Crippen LogP contribution is -2.01. The Kier molecular flexibility index (Phi) is 5.65. The van der Waals surface area contributed by atoms with Crippen molar-refractivity contribution in [1.29, 1.82) is 0 Å². The van der Waals surface area contributed by atoms with E-state index in [-0.39, 0.29) is 6.61 Å². The predicted octanol–water partition coefficient (Wildman–Crippen LogP) is 7.63. The van der Waals surface area contributed by atoms with E-state index >= 15 is 0 Å². The van der Waals surface area contributed by atoms with Crippen LogP contribution in [0, 0.1) is 0 Å². The summed E-state index contributed by atoms with van der Waals surface area (Å²) >= 11 is 0. The Morgan fingerprint density at radius 2 is 1.17 bits per heavy atom. The number of aliphatic hydroxyl groups excluding tert-OH is 1. The normalized spacial score (nSPS) is 11.7. The zero-order chi connectivity index (χ0) is 23.6. The molecule has 0 saturated heterocycles. The molecule has 0 atom stereocenters. The maximum atomic E-state index is 9.06. The number of aliphatic hydroxyl groups is 1. The average molecular weight is 455 g/mol. The van der Waals surface area contributed by atoms with Crippen molar-refractivity contribution < 1.29 is 9.84 Å². The first-order valence-electron chi connectivity index (χ1n) is 12.1. The van der Waals surface area contributed by atoms with Crippen LogP contribution in [0.1, 0.15) is 11.1 Å². The van der Waals surface area contributed by atoms with E-state index in [1.54, 1.807) is 0 Å². The third-order valence-electron chi connectivity index (χ3n) is 6.75. The van der Waals surface area contributed by atoms with Gasteiger partial charge in [-0.25, -0.2) is 0 Å². The molecule has 1 aliphatic carbocycles. The summed E-state index contributed by atoms with van der Waals surface area (Å²) in [5.41, 5.74) is 12.7. The second-order valence-electron chi connectivity index (χ2n) is 8.93. The van der Waals surface area contributed by atoms with Crippen LogP contribution in [0.25, 0.3) is 44.5 Å². The van der Waals surface area contributed by atoms with Gasteiger partial charge < -0.3 is 9.84 Å². The number of hydrogen-bond acceptors (Lipinski definition) is 2. The van der Waals surface area contributed by atoms with E-state index < -0.39 is 0 Å². The molecule has 0 aliphatic heterocycles. The van der Waals surface area contributed by atoms with Crippen LogP contribution in [0.5, 0.6) is 5.75 Å². The Balaban J connectivity index is 1.47. The van der Waals surface area contributed by atoms with Crippen molar-refractivity contribution in [3.8, 4) is 50.3 Å². The standard InChI is InChI=1S/C33H26O2/c34-17-18-35-29-14-11-25(12-15-29)31-20-27(24-9-5-2-6-10-24)21-32-30-16-13-26(19-28(30)22-33(31)32)23-7-3-1-4-8-23/h1-16,19-21,34H,17-18,22H2. The van der Waals surface area contributed by atoms with Crippen molar-refractivity contribution in [1.82, 2.24) is 0 Å². The third kappa shape index (κ3) is 4.14. The Labute approximate surface area is 206 Å². The van der Waals surface area contributed by atoms with Gasteiger partial charge in [-0.05, 0) is 86.3 Å². The summed E-state index contributed by atoms with van der Waals surface area (Å²) in [6.07, 6.45) is 0.915. The molecule has 0 spiro atoms. The molecule has 5 aromatic carbocycles. The fourth-order valence-electron chi connectivity index (χ4n) is 5.06. The summed E-state index contributed by atoms with van der Waals surface area (Å²) < 4.78 is 5.59. The number of benzene rings is 5. The Morgan fingerprint density at radius 3 is 1.86 bits per heavy atom. The summed E-state index contributed by atoms with van der Waals surface area (Å²) in [5.74, 6) is 0.773. The van der Waals surface area contributed by atoms with Gasteiger partial charge in [-0.2, -0.15) is 0 Å². The number of fused-ring (bicyclic) bond motifs is 3. The predicted molar refractivity (Wildman–Crippen MR) is 144 cm³/mol. The van der Waals surface area contributed by atoms with E-state index in [0.29, 0.717) is 6.61 Å². The lowest BCUT2D eigenvalue weighted by atomic mass is 9.91. The minimum Gasteiger partial charge on any atom is -0.491 e. The molecule has 0 fully saturated rings. The molecule has 35 heavy (non-hydrogen) atoms. The van der Waals surface area contributed by atoms with Crippen molar-refractivity contribution >= 4 is 0 Å². The molecule has 0 bridgehead atoms. The molecule has 0 aromatic heterocycles. The Morgan fingerprint density at radius 1 is 0.543 bits per heavy atom. The van der Waals surface area contributed by atoms with Crippen LogP contribution in [0.3, 0.4) is 0 Å². The van der Waals surface area contributed by atoms with Crippen molar-refractivity contribution in [2.45, 2.75) is 6.42 Å². The van der Waals surface area contributed by atoms with Gasteiger partial charge in [0.25, 0.3) is 0 Å². The fraction of sp³-hybridized carbons (Fsp3) is 0.0909. The molecule has 2 nitrogen and oxygen atoms in total. The molecule has 5 aromatic rings. The SMILES string of the molecule is OCCOc1ccc(-c2cc(-c3ccccc3)cc3c2Cc2cc(-c4ccccc4)ccc2-3)cc1. The molecule has 1 N–H and O–H groups in total. The van der Waals surface area contributed by atoms with Gasteiger partial charge in [-0.15, -0.1) is 0 Å². The first-order valence-corrected chi connectivity index (χ1v) is 12.1. The van der Waals surface area contributed by atoms with Crippen LogP contribution >= 0.6 is 0 Å². The van der Waals surface area contributed by atoms with Crippen LogP contribution in [-0.2, 0) is 6.42 Å². The number of rotatable bonds is 6. The van der Waals surface area contributed by atoms with Crippen LogP contribution in [0.4, 0.5) is 0 Å². The fourth-order valence-corrected chi connectivity index (χ4v) is 5.06. The second-order valence-corrected chi connectivity index (χ2v) is 8.93. The second kappa shape index (κ2) is 9.25. The molecule has 6 rings (SSSR count). The van der Waals surface area contributed by atoms with E-state index in [2.05, 4.69) is 103 Å². The largest absolute Gasteiger partial charge is 0.491 e. The van der Waals surface area contributed by atoms with Gasteiger partial charge in [0.1, 0.15) is 12.4 Å². The number of ether oxygens (including phenoxy) is 1. The molecule has 0 unspecified atom stereocenters. The topological polar surface area (TPSA) is 29.5 Å². The van der Waals surface area contributed by atoms with Crippen molar-refractivity contribution in [3.63, 3.8) is 0 Å². The van der Waals surface area contributed by atoms with Gasteiger partial charge >= 0.3 is 0 Å². The smallest absolute Gasteiger partial charge is 0.119 e. The monoisotopic (exact) mass is 454 g/mol. The molecule has 0 radical (unpaired) electrons. The molecule has 0 saturated carbocycles. The molecule has 0 heterocycles. The zero-order valence-corrected chi connectivity index (χ0v) is 19.4. The van der Waals surface area contributed by atoms with Gasteiger partial charge in [0.15, 0.2) is 0 Å². The highest BCUT2D eigenvalue weighted by molar-refractivity contribution is 5.90. The highest BCUT2D eigenvalue weighted by Crippen LogP contribution is 2.45. The van der Waals surface area contributed by atoms with Gasteiger partial charge in [0.05, 0.1) is 6.61 Å². The van der Waals surface area contributed by atoms with Crippen molar-refractivity contribution in [3.05, 3.63) is 126 Å². The zero-order valence-electron chi connectivity index (χ0n) is 19.4. The van der Waals surface area contributed by atoms with Crippen LogP contribution in [-0.4, -0.2) is 18.3 Å². The minimum atomic E-state index is 0.0115. The van der Waals surface area contributed by atoms with E-state index in [1.165, 1.54) is 55.6 Å². The van der Waals surface area contributed by atoms with Crippen LogP contribution < -0.4 is 4.74 Å². The average Bonchev–Trinajstić information content (AvgIpc) is 3.30. The molecule has 170 valence electrons. The molecule has 2 heteroatoms. The summed E-state index contributed by atoms with van der Waals surface area (Å²) in [4.78, 5) is 0. The lowest BCUT2D eigenvalue weighted by Gasteiger charge is -2.14. The summed E-state index contributed by atoms with van der Waals surface area (Å²) in [6, 6.07) is 40.9. The molecular weight excluding hydrogens is 428 g/mol. The Bertz CT molecular complexity index is 1470. The van der Waals surface area contributed by atoms with Crippen LogP contribution in [0.15, 0.2) is 115 Å².